The highest BCUT2D eigenvalue weighted by molar-refractivity contribution is 6.14. The molecule has 0 spiro atoms. The molecule has 0 aliphatic carbocycles. The molecule has 2 N–H and O–H groups in total. The van der Waals surface area contributed by atoms with Crippen molar-refractivity contribution in [3.63, 3.8) is 0 Å². The van der Waals surface area contributed by atoms with E-state index in [0.29, 0.717) is 40.5 Å². The molecule has 9 nitrogen and oxygen atoms in total. The smallest absolute Gasteiger partial charge is 0.326 e. The summed E-state index contributed by atoms with van der Waals surface area (Å²) >= 11 is 0. The molecular formula is C25H27NO8. The maximum atomic E-state index is 12.8. The monoisotopic (exact) mass is 469 g/mol. The Kier molecular flexibility index (Phi) is 7.78. The van der Waals surface area contributed by atoms with E-state index in [1.165, 1.54) is 13.2 Å². The van der Waals surface area contributed by atoms with Gasteiger partial charge in [0.15, 0.2) is 12.4 Å². The van der Waals surface area contributed by atoms with Crippen LogP contribution in [0.3, 0.4) is 0 Å². The molecule has 2 aromatic rings. The van der Waals surface area contributed by atoms with Gasteiger partial charge in [0.2, 0.25) is 5.78 Å². The van der Waals surface area contributed by atoms with Gasteiger partial charge in [0.25, 0.3) is 5.91 Å². The summed E-state index contributed by atoms with van der Waals surface area (Å²) in [6, 6.07) is 8.80. The molecule has 1 amide bonds. The van der Waals surface area contributed by atoms with Crippen molar-refractivity contribution in [1.29, 1.82) is 0 Å². The third-order valence-corrected chi connectivity index (χ3v) is 5.53. The number of hydrogen-bond donors (Lipinski definition) is 2. The van der Waals surface area contributed by atoms with E-state index < -0.39 is 17.9 Å². The van der Waals surface area contributed by atoms with E-state index in [1.807, 2.05) is 6.92 Å². The molecular weight excluding hydrogens is 442 g/mol. The second kappa shape index (κ2) is 10.7. The number of carboxylic acid groups (broad SMARTS) is 1. The minimum Gasteiger partial charge on any atom is -0.497 e. The molecule has 2 atom stereocenters. The summed E-state index contributed by atoms with van der Waals surface area (Å²) in [5.74, 6) is -0.340. The van der Waals surface area contributed by atoms with Crippen LogP contribution in [0, 0.1) is 5.92 Å². The molecule has 9 heteroatoms. The molecule has 1 heterocycles. The lowest BCUT2D eigenvalue weighted by Gasteiger charge is -2.20. The van der Waals surface area contributed by atoms with Crippen molar-refractivity contribution in [2.75, 3.05) is 20.8 Å². The van der Waals surface area contributed by atoms with Gasteiger partial charge >= 0.3 is 5.97 Å². The molecule has 180 valence electrons. The zero-order valence-electron chi connectivity index (χ0n) is 19.4. The molecule has 0 bridgehead atoms. The number of carbonyl (C=O) groups is 3. The Hall–Kier alpha value is -4.01. The minimum absolute atomic E-state index is 0.106. The Morgan fingerprint density at radius 3 is 2.50 bits per heavy atom. The SMILES string of the molecule is CC[C@@H](C)[C@H](NC(=O)COc1ccc2c(c1)OC(=Cc1cc(OC)ccc1OC)C2=O)C(=O)O. The van der Waals surface area contributed by atoms with Crippen molar-refractivity contribution in [2.24, 2.45) is 5.92 Å². The van der Waals surface area contributed by atoms with Gasteiger partial charge in [-0.05, 0) is 42.3 Å². The van der Waals surface area contributed by atoms with Crippen LogP contribution in [-0.4, -0.2) is 49.6 Å². The van der Waals surface area contributed by atoms with Gasteiger partial charge in [0.1, 0.15) is 29.0 Å². The lowest BCUT2D eigenvalue weighted by molar-refractivity contribution is -0.143. The number of carbonyl (C=O) groups excluding carboxylic acids is 2. The average molecular weight is 469 g/mol. The van der Waals surface area contributed by atoms with Crippen LogP contribution in [-0.2, 0) is 9.59 Å². The highest BCUT2D eigenvalue weighted by Gasteiger charge is 2.29. The number of rotatable bonds is 10. The van der Waals surface area contributed by atoms with Gasteiger partial charge in [0, 0.05) is 11.6 Å². The van der Waals surface area contributed by atoms with Gasteiger partial charge in [-0.3, -0.25) is 9.59 Å². The molecule has 1 aliphatic rings. The minimum atomic E-state index is -1.10. The lowest BCUT2D eigenvalue weighted by Crippen LogP contribution is -2.46. The van der Waals surface area contributed by atoms with E-state index in [1.54, 1.807) is 50.4 Å². The van der Waals surface area contributed by atoms with Crippen LogP contribution in [0.15, 0.2) is 42.2 Å². The summed E-state index contributed by atoms with van der Waals surface area (Å²) in [4.78, 5) is 36.4. The van der Waals surface area contributed by atoms with E-state index in [0.717, 1.165) is 0 Å². The number of benzene rings is 2. The number of ether oxygens (including phenoxy) is 4. The van der Waals surface area contributed by atoms with Gasteiger partial charge in [-0.25, -0.2) is 4.79 Å². The Labute approximate surface area is 197 Å². The number of Topliss-reactive ketones (excluding diaryl/α,β-unsaturated/α-hetero) is 1. The lowest BCUT2D eigenvalue weighted by atomic mass is 9.99. The highest BCUT2D eigenvalue weighted by Crippen LogP contribution is 2.36. The molecule has 34 heavy (non-hydrogen) atoms. The molecule has 1 aliphatic heterocycles. The third-order valence-electron chi connectivity index (χ3n) is 5.53. The predicted molar refractivity (Wildman–Crippen MR) is 123 cm³/mol. The molecule has 2 aromatic carbocycles. The topological polar surface area (TPSA) is 120 Å². The van der Waals surface area contributed by atoms with E-state index in [2.05, 4.69) is 5.32 Å². The van der Waals surface area contributed by atoms with Crippen LogP contribution in [0.5, 0.6) is 23.0 Å². The number of amides is 1. The fourth-order valence-electron chi connectivity index (χ4n) is 3.40. The van der Waals surface area contributed by atoms with E-state index in [-0.39, 0.29) is 24.1 Å². The first-order valence-corrected chi connectivity index (χ1v) is 10.7. The van der Waals surface area contributed by atoms with Crippen LogP contribution in [0.1, 0.15) is 36.2 Å². The van der Waals surface area contributed by atoms with Crippen LogP contribution in [0.25, 0.3) is 6.08 Å². The standard InChI is InChI=1S/C25H27NO8/c1-5-14(2)23(25(29)30)26-22(27)13-33-17-6-8-18-20(12-17)34-21(24(18)28)11-15-10-16(31-3)7-9-19(15)32-4/h6-12,14,23H,5,13H2,1-4H3,(H,26,27)(H,29,30)/t14-,23+/m1/s1. The van der Waals surface area contributed by atoms with Gasteiger partial charge in [-0.15, -0.1) is 0 Å². The predicted octanol–water partition coefficient (Wildman–Crippen LogP) is 3.31. The van der Waals surface area contributed by atoms with E-state index >= 15 is 0 Å². The second-order valence-electron chi connectivity index (χ2n) is 7.76. The second-order valence-corrected chi connectivity index (χ2v) is 7.76. The van der Waals surface area contributed by atoms with Crippen molar-refractivity contribution in [3.05, 3.63) is 53.3 Å². The summed E-state index contributed by atoms with van der Waals surface area (Å²) in [6.45, 7) is 3.22. The van der Waals surface area contributed by atoms with Crippen LogP contribution < -0.4 is 24.3 Å². The Morgan fingerprint density at radius 1 is 1.12 bits per heavy atom. The van der Waals surface area contributed by atoms with Gasteiger partial charge in [-0.1, -0.05) is 20.3 Å². The summed E-state index contributed by atoms with van der Waals surface area (Å²) in [5.41, 5.74) is 0.966. The zero-order chi connectivity index (χ0) is 24.8. The largest absolute Gasteiger partial charge is 0.497 e. The normalized spacial score (nSPS) is 15.2. The summed E-state index contributed by atoms with van der Waals surface area (Å²) in [7, 11) is 3.07. The summed E-state index contributed by atoms with van der Waals surface area (Å²) in [6.07, 6.45) is 2.17. The number of carboxylic acids is 1. The molecule has 0 saturated carbocycles. The highest BCUT2D eigenvalue weighted by atomic mass is 16.5. The maximum absolute atomic E-state index is 12.8. The van der Waals surface area contributed by atoms with Crippen LogP contribution >= 0.6 is 0 Å². The zero-order valence-corrected chi connectivity index (χ0v) is 19.4. The quantitative estimate of drug-likeness (QED) is 0.509. The van der Waals surface area contributed by atoms with E-state index in [4.69, 9.17) is 18.9 Å². The first-order valence-electron chi connectivity index (χ1n) is 10.7. The van der Waals surface area contributed by atoms with Crippen LogP contribution in [0.4, 0.5) is 0 Å². The molecule has 0 aromatic heterocycles. The number of allylic oxidation sites excluding steroid dienone is 1. The number of nitrogens with one attached hydrogen (secondary N) is 1. The van der Waals surface area contributed by atoms with Crippen molar-refractivity contribution in [1.82, 2.24) is 5.32 Å². The molecule has 0 saturated heterocycles. The number of fused-ring (bicyclic) bond motifs is 1. The Balaban J connectivity index is 1.71. The Morgan fingerprint density at radius 2 is 1.85 bits per heavy atom. The summed E-state index contributed by atoms with van der Waals surface area (Å²) < 4.78 is 21.8. The average Bonchev–Trinajstić information content (AvgIpc) is 3.14. The molecule has 3 rings (SSSR count). The van der Waals surface area contributed by atoms with Crippen molar-refractivity contribution >= 4 is 23.7 Å². The van der Waals surface area contributed by atoms with Gasteiger partial charge in [-0.2, -0.15) is 0 Å². The number of methoxy groups -OCH3 is 2. The van der Waals surface area contributed by atoms with E-state index in [9.17, 15) is 19.5 Å². The number of hydrogen-bond acceptors (Lipinski definition) is 7. The molecule has 0 fully saturated rings. The van der Waals surface area contributed by atoms with Crippen molar-refractivity contribution in [2.45, 2.75) is 26.3 Å². The molecule has 0 unspecified atom stereocenters. The van der Waals surface area contributed by atoms with Crippen LogP contribution in [0.2, 0.25) is 0 Å². The Bertz CT molecular complexity index is 1120. The van der Waals surface area contributed by atoms with Crippen molar-refractivity contribution < 1.29 is 38.4 Å². The fraction of sp³-hybridized carbons (Fsp3) is 0.320. The fourth-order valence-corrected chi connectivity index (χ4v) is 3.40. The molecule has 0 radical (unpaired) electrons. The van der Waals surface area contributed by atoms with Crippen molar-refractivity contribution in [3.8, 4) is 23.0 Å². The third kappa shape index (κ3) is 5.48. The first kappa shape index (κ1) is 24.6. The number of aliphatic carboxylic acids is 1. The first-order chi connectivity index (χ1) is 16.3. The maximum Gasteiger partial charge on any atom is 0.326 e. The van der Waals surface area contributed by atoms with Gasteiger partial charge < -0.3 is 29.4 Å². The number of ketones is 1. The van der Waals surface area contributed by atoms with Gasteiger partial charge in [0.05, 0.1) is 19.8 Å². The summed E-state index contributed by atoms with van der Waals surface area (Å²) in [5, 5.41) is 11.8.